The minimum Gasteiger partial charge on any atom is -0.506 e. The van der Waals surface area contributed by atoms with Crippen LogP contribution in [-0.4, -0.2) is 27.7 Å². The Morgan fingerprint density at radius 1 is 0.923 bits per heavy atom. The van der Waals surface area contributed by atoms with Gasteiger partial charge in [0.05, 0.1) is 5.52 Å². The van der Waals surface area contributed by atoms with Crippen LogP contribution >= 0.6 is 0 Å². The molecule has 2 aromatic carbocycles. The smallest absolute Gasteiger partial charge is 0.262 e. The molecule has 1 aromatic heterocycles. The first-order valence-corrected chi connectivity index (χ1v) is 7.93. The summed E-state index contributed by atoms with van der Waals surface area (Å²) in [7, 11) is 0. The second-order valence-corrected chi connectivity index (χ2v) is 5.96. The number of amides is 1. The van der Waals surface area contributed by atoms with Crippen LogP contribution in [0.3, 0.4) is 0 Å². The molecule has 1 amide bonds. The average molecular weight is 354 g/mol. The van der Waals surface area contributed by atoms with Gasteiger partial charge in [-0.1, -0.05) is 12.1 Å². The van der Waals surface area contributed by atoms with Crippen molar-refractivity contribution in [3.63, 3.8) is 0 Å². The van der Waals surface area contributed by atoms with Crippen molar-refractivity contribution in [3.8, 4) is 17.2 Å². The number of nitrogens with one attached hydrogen (secondary N) is 2. The van der Waals surface area contributed by atoms with E-state index in [-0.39, 0.29) is 29.6 Å². The Balaban J connectivity index is 0.000000151. The van der Waals surface area contributed by atoms with E-state index < -0.39 is 0 Å². The van der Waals surface area contributed by atoms with Crippen LogP contribution < -0.4 is 15.6 Å². The maximum atomic E-state index is 11.0. The lowest BCUT2D eigenvalue weighted by Crippen LogP contribution is -2.25. The fraction of sp³-hybridized carbons (Fsp3) is 0.158. The van der Waals surface area contributed by atoms with Gasteiger partial charge in [0.1, 0.15) is 22.9 Å². The Bertz CT molecular complexity index is 1060. The first-order chi connectivity index (χ1) is 12.4. The Morgan fingerprint density at radius 3 is 2.38 bits per heavy atom. The van der Waals surface area contributed by atoms with E-state index in [1.54, 1.807) is 18.2 Å². The Hall–Kier alpha value is -3.48. The molecule has 7 heteroatoms. The molecule has 0 unspecified atom stereocenters. The zero-order valence-electron chi connectivity index (χ0n) is 14.3. The number of pyridine rings is 1. The lowest BCUT2D eigenvalue weighted by atomic mass is 10.1. The lowest BCUT2D eigenvalue weighted by molar-refractivity contribution is -0.118. The Morgan fingerprint density at radius 2 is 1.62 bits per heavy atom. The number of phenolic OH excluding ortho intramolecular Hbond substituents is 2. The predicted octanol–water partition coefficient (Wildman–Crippen LogP) is 2.57. The van der Waals surface area contributed by atoms with Crippen LogP contribution in [0.1, 0.15) is 11.1 Å². The van der Waals surface area contributed by atoms with Gasteiger partial charge in [-0.3, -0.25) is 9.59 Å². The highest BCUT2D eigenvalue weighted by atomic mass is 16.5. The normalized spacial score (nSPS) is 12.5. The third-order valence-corrected chi connectivity index (χ3v) is 4.04. The number of phenols is 2. The van der Waals surface area contributed by atoms with Crippen LogP contribution in [0, 0.1) is 13.8 Å². The summed E-state index contributed by atoms with van der Waals surface area (Å²) in [6, 6.07) is 9.83. The second kappa shape index (κ2) is 6.79. The van der Waals surface area contributed by atoms with Crippen molar-refractivity contribution in [3.05, 3.63) is 57.9 Å². The minimum atomic E-state index is -0.242. The zero-order valence-corrected chi connectivity index (χ0v) is 14.3. The summed E-state index contributed by atoms with van der Waals surface area (Å²) in [5.74, 6) is 0.458. The molecule has 134 valence electrons. The van der Waals surface area contributed by atoms with Gasteiger partial charge < -0.3 is 25.3 Å². The third-order valence-electron chi connectivity index (χ3n) is 4.04. The van der Waals surface area contributed by atoms with Gasteiger partial charge in [-0.25, -0.2) is 0 Å². The van der Waals surface area contributed by atoms with E-state index in [1.165, 1.54) is 12.1 Å². The van der Waals surface area contributed by atoms with Gasteiger partial charge >= 0.3 is 0 Å². The maximum absolute atomic E-state index is 11.0. The van der Waals surface area contributed by atoms with Crippen molar-refractivity contribution in [1.29, 1.82) is 0 Å². The van der Waals surface area contributed by atoms with Gasteiger partial charge in [-0.05, 0) is 43.2 Å². The molecule has 0 atom stereocenters. The second-order valence-electron chi connectivity index (χ2n) is 5.96. The third kappa shape index (κ3) is 3.32. The van der Waals surface area contributed by atoms with Crippen LogP contribution in [0.2, 0.25) is 0 Å². The molecular weight excluding hydrogens is 336 g/mol. The van der Waals surface area contributed by atoms with Crippen molar-refractivity contribution >= 4 is 22.5 Å². The van der Waals surface area contributed by atoms with Crippen LogP contribution in [0.4, 0.5) is 5.69 Å². The van der Waals surface area contributed by atoms with E-state index in [9.17, 15) is 19.8 Å². The largest absolute Gasteiger partial charge is 0.506 e. The molecule has 26 heavy (non-hydrogen) atoms. The molecule has 1 aliphatic rings. The number of aromatic hydroxyl groups is 2. The van der Waals surface area contributed by atoms with Gasteiger partial charge in [-0.2, -0.15) is 0 Å². The number of ether oxygens (including phenoxy) is 1. The predicted molar refractivity (Wildman–Crippen MR) is 97.9 cm³/mol. The summed E-state index contributed by atoms with van der Waals surface area (Å²) in [5.41, 5.74) is 2.61. The monoisotopic (exact) mass is 354 g/mol. The number of hydrogen-bond acceptors (Lipinski definition) is 5. The fourth-order valence-corrected chi connectivity index (χ4v) is 2.68. The standard InChI is InChI=1S/C10H9NO2.C9H9NO3/c1-6-2-4-8(12)10-7(6)3-5-9(13)11-10;1-5-2-3-6(11)8-9(5)13-4-7(12)10-8/h2-5,12H,1H3,(H,11,13);2-3,11H,4H2,1H3,(H,10,12). The van der Waals surface area contributed by atoms with Crippen LogP contribution in [0.25, 0.3) is 10.9 Å². The molecule has 4 N–H and O–H groups in total. The highest BCUT2D eigenvalue weighted by Crippen LogP contribution is 2.38. The van der Waals surface area contributed by atoms with Gasteiger partial charge in [0.25, 0.3) is 5.91 Å². The Labute approximate surface area is 148 Å². The molecule has 0 radical (unpaired) electrons. The number of H-pyrrole nitrogens is 1. The number of aryl methyl sites for hydroxylation is 2. The molecule has 1 aliphatic heterocycles. The van der Waals surface area contributed by atoms with E-state index in [0.717, 1.165) is 16.5 Å². The lowest BCUT2D eigenvalue weighted by Gasteiger charge is -2.20. The van der Waals surface area contributed by atoms with E-state index in [4.69, 9.17) is 4.74 Å². The molecule has 0 saturated carbocycles. The molecule has 3 aromatic rings. The van der Waals surface area contributed by atoms with Crippen molar-refractivity contribution in [2.24, 2.45) is 0 Å². The highest BCUT2D eigenvalue weighted by Gasteiger charge is 2.20. The van der Waals surface area contributed by atoms with Gasteiger partial charge in [0.2, 0.25) is 5.56 Å². The summed E-state index contributed by atoms with van der Waals surface area (Å²) in [5, 5.41) is 22.3. The number of hydrogen-bond donors (Lipinski definition) is 4. The number of rotatable bonds is 0. The minimum absolute atomic E-state index is 0.0112. The summed E-state index contributed by atoms with van der Waals surface area (Å²) >= 11 is 0. The summed E-state index contributed by atoms with van der Waals surface area (Å²) in [6.45, 7) is 3.80. The molecule has 0 spiro atoms. The molecule has 2 heterocycles. The molecule has 4 rings (SSSR count). The molecule has 0 aliphatic carbocycles. The van der Waals surface area contributed by atoms with Crippen molar-refractivity contribution in [2.75, 3.05) is 11.9 Å². The van der Waals surface area contributed by atoms with Gasteiger partial charge in [-0.15, -0.1) is 0 Å². The molecule has 0 fully saturated rings. The topological polar surface area (TPSA) is 112 Å². The van der Waals surface area contributed by atoms with E-state index in [1.807, 2.05) is 19.9 Å². The van der Waals surface area contributed by atoms with Gasteiger partial charge in [0.15, 0.2) is 6.61 Å². The maximum Gasteiger partial charge on any atom is 0.262 e. The number of benzene rings is 2. The first kappa shape index (κ1) is 17.3. The number of fused-ring (bicyclic) bond motifs is 2. The molecular formula is C19H18N2O5. The van der Waals surface area contributed by atoms with E-state index in [2.05, 4.69) is 10.3 Å². The average Bonchev–Trinajstić information content (AvgIpc) is 2.62. The van der Waals surface area contributed by atoms with E-state index in [0.29, 0.717) is 17.0 Å². The van der Waals surface area contributed by atoms with Gasteiger partial charge in [0, 0.05) is 11.5 Å². The van der Waals surface area contributed by atoms with Crippen molar-refractivity contribution < 1.29 is 19.7 Å². The van der Waals surface area contributed by atoms with E-state index >= 15 is 0 Å². The molecule has 0 saturated heterocycles. The fourth-order valence-electron chi connectivity index (χ4n) is 2.68. The molecule has 7 nitrogen and oxygen atoms in total. The SMILES string of the molecule is Cc1ccc(O)c2[nH]c(=O)ccc12.Cc1ccc(O)c2c1OCC(=O)N2. The molecule has 0 bridgehead atoms. The first-order valence-electron chi connectivity index (χ1n) is 7.93. The van der Waals surface area contributed by atoms with Crippen molar-refractivity contribution in [2.45, 2.75) is 13.8 Å². The number of anilines is 1. The summed E-state index contributed by atoms with van der Waals surface area (Å²) < 4.78 is 5.18. The Kier molecular flexibility index (Phi) is 4.53. The van der Waals surface area contributed by atoms with Crippen molar-refractivity contribution in [1.82, 2.24) is 4.98 Å². The summed E-state index contributed by atoms with van der Waals surface area (Å²) in [6.07, 6.45) is 0. The summed E-state index contributed by atoms with van der Waals surface area (Å²) in [4.78, 5) is 24.5. The van der Waals surface area contributed by atoms with Crippen LogP contribution in [0.15, 0.2) is 41.2 Å². The number of carbonyl (C=O) groups excluding carboxylic acids is 1. The zero-order chi connectivity index (χ0) is 18.8. The quantitative estimate of drug-likeness (QED) is 0.464. The van der Waals surface area contributed by atoms with Crippen LogP contribution in [0.5, 0.6) is 17.2 Å². The number of aromatic nitrogens is 1. The number of aromatic amines is 1. The highest BCUT2D eigenvalue weighted by molar-refractivity contribution is 5.97. The number of carbonyl (C=O) groups is 1. The van der Waals surface area contributed by atoms with Crippen LogP contribution in [-0.2, 0) is 4.79 Å².